The highest BCUT2D eigenvalue weighted by Crippen LogP contribution is 2.07. The van der Waals surface area contributed by atoms with Crippen molar-refractivity contribution >= 4 is 29.7 Å². The fourth-order valence-corrected chi connectivity index (χ4v) is 2.27. The summed E-state index contributed by atoms with van der Waals surface area (Å²) in [6.07, 6.45) is 1.18. The highest BCUT2D eigenvalue weighted by molar-refractivity contribution is 5.92. The molecule has 12 heteroatoms. The number of nitrogens with one attached hydrogen (secondary N) is 3. The Kier molecular flexibility index (Phi) is 12.0. The van der Waals surface area contributed by atoms with Crippen LogP contribution in [0.5, 0.6) is 0 Å². The Balaban J connectivity index is 4.84. The molecule has 10 N–H and O–H groups in total. The van der Waals surface area contributed by atoms with Crippen LogP contribution in [-0.4, -0.2) is 66.0 Å². The molecular formula is C17H33N7O5. The van der Waals surface area contributed by atoms with E-state index in [0.717, 1.165) is 0 Å². The molecule has 4 atom stereocenters. The number of nitrogens with two attached hydrogens (primary N) is 3. The van der Waals surface area contributed by atoms with Crippen molar-refractivity contribution in [2.75, 3.05) is 13.1 Å². The zero-order valence-electron chi connectivity index (χ0n) is 17.1. The average Bonchev–Trinajstić information content (AvgIpc) is 2.65. The second kappa shape index (κ2) is 13.3. The Bertz CT molecular complexity index is 605. The molecule has 0 aromatic rings. The van der Waals surface area contributed by atoms with E-state index in [4.69, 9.17) is 17.2 Å². The van der Waals surface area contributed by atoms with Gasteiger partial charge in [0.15, 0.2) is 5.96 Å². The molecule has 0 spiro atoms. The van der Waals surface area contributed by atoms with Gasteiger partial charge in [-0.25, -0.2) is 4.79 Å². The van der Waals surface area contributed by atoms with Gasteiger partial charge in [-0.05, 0) is 25.7 Å². The molecule has 0 aliphatic heterocycles. The van der Waals surface area contributed by atoms with Crippen LogP contribution >= 0.6 is 0 Å². The summed E-state index contributed by atoms with van der Waals surface area (Å²) >= 11 is 0. The van der Waals surface area contributed by atoms with Crippen LogP contribution in [0.1, 0.15) is 40.0 Å². The van der Waals surface area contributed by atoms with Crippen molar-refractivity contribution in [1.82, 2.24) is 16.0 Å². The van der Waals surface area contributed by atoms with Crippen LogP contribution in [0, 0.1) is 5.92 Å². The standard InChI is InChI=1S/C17H33N7O5/c1-4-9(2)13(16(28)29)24-12(25)8-22-15(27)11(23-14(26)10(3)18)6-5-7-21-17(19)20/h9-11,13H,4-8,18H2,1-3H3,(H,22,27)(H,23,26)(H,24,25)(H,28,29)(H4,19,20,21). The average molecular weight is 415 g/mol. The molecule has 3 amide bonds. The van der Waals surface area contributed by atoms with Crippen LogP contribution in [0.15, 0.2) is 4.99 Å². The number of hydrogen-bond acceptors (Lipinski definition) is 6. The van der Waals surface area contributed by atoms with E-state index in [-0.39, 0.29) is 24.8 Å². The Hall–Kier alpha value is -2.89. The first-order chi connectivity index (χ1) is 13.5. The third-order valence-electron chi connectivity index (χ3n) is 4.21. The molecule has 0 aliphatic carbocycles. The van der Waals surface area contributed by atoms with Gasteiger partial charge in [-0.15, -0.1) is 0 Å². The molecular weight excluding hydrogens is 382 g/mol. The normalized spacial score (nSPS) is 14.6. The van der Waals surface area contributed by atoms with Gasteiger partial charge in [0, 0.05) is 6.54 Å². The van der Waals surface area contributed by atoms with E-state index in [1.54, 1.807) is 6.92 Å². The molecule has 0 fully saturated rings. The number of carbonyl (C=O) groups is 4. The van der Waals surface area contributed by atoms with Crippen molar-refractivity contribution in [3.8, 4) is 0 Å². The minimum Gasteiger partial charge on any atom is -0.480 e. The summed E-state index contributed by atoms with van der Waals surface area (Å²) in [6.45, 7) is 4.81. The minimum atomic E-state index is -1.15. The van der Waals surface area contributed by atoms with Crippen LogP contribution in [0.25, 0.3) is 0 Å². The lowest BCUT2D eigenvalue weighted by Gasteiger charge is -2.21. The van der Waals surface area contributed by atoms with Gasteiger partial charge in [0.25, 0.3) is 0 Å². The number of aliphatic carboxylic acids is 1. The predicted molar refractivity (Wildman–Crippen MR) is 108 cm³/mol. The topological polar surface area (TPSA) is 215 Å². The van der Waals surface area contributed by atoms with Crippen molar-refractivity contribution in [3.63, 3.8) is 0 Å². The van der Waals surface area contributed by atoms with Crippen LogP contribution in [0.3, 0.4) is 0 Å². The summed E-state index contributed by atoms with van der Waals surface area (Å²) in [5.74, 6) is -3.30. The predicted octanol–water partition coefficient (Wildman–Crippen LogP) is -2.40. The van der Waals surface area contributed by atoms with Gasteiger partial charge in [0.05, 0.1) is 12.6 Å². The quantitative estimate of drug-likeness (QED) is 0.0975. The number of aliphatic imine (C=N–C) groups is 1. The van der Waals surface area contributed by atoms with Gasteiger partial charge in [0.2, 0.25) is 17.7 Å². The largest absolute Gasteiger partial charge is 0.480 e. The smallest absolute Gasteiger partial charge is 0.326 e. The number of nitrogens with zero attached hydrogens (tertiary/aromatic N) is 1. The maximum atomic E-state index is 12.4. The first-order valence-electron chi connectivity index (χ1n) is 9.40. The first kappa shape index (κ1) is 26.1. The van der Waals surface area contributed by atoms with Gasteiger partial charge >= 0.3 is 5.97 Å². The summed E-state index contributed by atoms with van der Waals surface area (Å²) < 4.78 is 0. The summed E-state index contributed by atoms with van der Waals surface area (Å²) in [6, 6.07) is -2.82. The van der Waals surface area contributed by atoms with Crippen LogP contribution in [-0.2, 0) is 19.2 Å². The summed E-state index contributed by atoms with van der Waals surface area (Å²) in [5, 5.41) is 16.5. The van der Waals surface area contributed by atoms with Gasteiger partial charge in [-0.2, -0.15) is 0 Å². The second-order valence-corrected chi connectivity index (χ2v) is 6.79. The number of amides is 3. The van der Waals surface area contributed by atoms with E-state index < -0.39 is 48.4 Å². The van der Waals surface area contributed by atoms with E-state index >= 15 is 0 Å². The molecule has 0 rings (SSSR count). The van der Waals surface area contributed by atoms with E-state index in [9.17, 15) is 24.3 Å². The fraction of sp³-hybridized carbons (Fsp3) is 0.706. The van der Waals surface area contributed by atoms with Crippen molar-refractivity contribution in [1.29, 1.82) is 0 Å². The lowest BCUT2D eigenvalue weighted by atomic mass is 9.99. The molecule has 0 aromatic heterocycles. The Morgan fingerprint density at radius 3 is 2.17 bits per heavy atom. The van der Waals surface area contributed by atoms with E-state index in [1.807, 2.05) is 6.92 Å². The highest BCUT2D eigenvalue weighted by Gasteiger charge is 2.26. The van der Waals surface area contributed by atoms with Crippen molar-refractivity contribution in [2.45, 2.75) is 58.2 Å². The van der Waals surface area contributed by atoms with Gasteiger partial charge in [-0.3, -0.25) is 19.4 Å². The molecule has 166 valence electrons. The van der Waals surface area contributed by atoms with Gasteiger partial charge in [-0.1, -0.05) is 20.3 Å². The van der Waals surface area contributed by atoms with Crippen LogP contribution in [0.2, 0.25) is 0 Å². The summed E-state index contributed by atoms with van der Waals surface area (Å²) in [7, 11) is 0. The molecule has 4 unspecified atom stereocenters. The van der Waals surface area contributed by atoms with Crippen LogP contribution < -0.4 is 33.2 Å². The lowest BCUT2D eigenvalue weighted by molar-refractivity contribution is -0.143. The van der Waals surface area contributed by atoms with Crippen molar-refractivity contribution < 1.29 is 24.3 Å². The van der Waals surface area contributed by atoms with Crippen molar-refractivity contribution in [2.24, 2.45) is 28.1 Å². The van der Waals surface area contributed by atoms with Gasteiger partial charge < -0.3 is 38.3 Å². The maximum Gasteiger partial charge on any atom is 0.326 e. The molecule has 0 radical (unpaired) electrons. The molecule has 0 bridgehead atoms. The number of carboxylic acids is 1. The van der Waals surface area contributed by atoms with E-state index in [1.165, 1.54) is 6.92 Å². The molecule has 0 saturated heterocycles. The number of hydrogen-bond donors (Lipinski definition) is 7. The lowest BCUT2D eigenvalue weighted by Crippen LogP contribution is -2.53. The first-order valence-corrected chi connectivity index (χ1v) is 9.40. The number of guanidine groups is 1. The Morgan fingerprint density at radius 1 is 1.07 bits per heavy atom. The SMILES string of the molecule is CCC(C)C(NC(=O)CNC(=O)C(CCCN=C(N)N)NC(=O)C(C)N)C(=O)O. The maximum absolute atomic E-state index is 12.4. The molecule has 0 heterocycles. The minimum absolute atomic E-state index is 0.0865. The third kappa shape index (κ3) is 10.9. The van der Waals surface area contributed by atoms with Gasteiger partial charge in [0.1, 0.15) is 12.1 Å². The highest BCUT2D eigenvalue weighted by atomic mass is 16.4. The van der Waals surface area contributed by atoms with Crippen LogP contribution in [0.4, 0.5) is 0 Å². The number of carbonyl (C=O) groups excluding carboxylic acids is 3. The summed E-state index contributed by atoms with van der Waals surface area (Å²) in [5.41, 5.74) is 16.0. The Morgan fingerprint density at radius 2 is 1.69 bits per heavy atom. The third-order valence-corrected chi connectivity index (χ3v) is 4.21. The monoisotopic (exact) mass is 415 g/mol. The zero-order valence-corrected chi connectivity index (χ0v) is 17.1. The molecule has 29 heavy (non-hydrogen) atoms. The second-order valence-electron chi connectivity index (χ2n) is 6.79. The number of carboxylic acid groups (broad SMARTS) is 1. The fourth-order valence-electron chi connectivity index (χ4n) is 2.27. The zero-order chi connectivity index (χ0) is 22.6. The molecule has 0 aliphatic rings. The van der Waals surface area contributed by atoms with Crippen molar-refractivity contribution in [3.05, 3.63) is 0 Å². The van der Waals surface area contributed by atoms with E-state index in [2.05, 4.69) is 20.9 Å². The Labute approximate surface area is 170 Å². The molecule has 0 aromatic carbocycles. The molecule has 0 saturated carbocycles. The molecule has 12 nitrogen and oxygen atoms in total. The van der Waals surface area contributed by atoms with E-state index in [0.29, 0.717) is 12.8 Å². The number of rotatable bonds is 13. The summed E-state index contributed by atoms with van der Waals surface area (Å²) in [4.78, 5) is 51.3.